The van der Waals surface area contributed by atoms with Crippen molar-refractivity contribution in [2.75, 3.05) is 31.3 Å². The van der Waals surface area contributed by atoms with Gasteiger partial charge in [-0.2, -0.15) is 4.98 Å². The average Bonchev–Trinajstić information content (AvgIpc) is 3.91. The van der Waals surface area contributed by atoms with Crippen LogP contribution in [-0.2, 0) is 27.3 Å². The Morgan fingerprint density at radius 3 is 2.53 bits per heavy atom. The van der Waals surface area contributed by atoms with Crippen LogP contribution in [-0.4, -0.2) is 111 Å². The number of aromatic hydroxyl groups is 1. The number of azide groups is 1. The highest BCUT2D eigenvalue weighted by molar-refractivity contribution is 8.00. The van der Waals surface area contributed by atoms with Crippen molar-refractivity contribution in [2.45, 2.75) is 82.1 Å². The summed E-state index contributed by atoms with van der Waals surface area (Å²) in [5.74, 6) is -3.00. The van der Waals surface area contributed by atoms with Gasteiger partial charge in [-0.3, -0.25) is 33.3 Å². The summed E-state index contributed by atoms with van der Waals surface area (Å²) in [5, 5.41) is 34.3. The van der Waals surface area contributed by atoms with Gasteiger partial charge in [-0.05, 0) is 37.9 Å². The summed E-state index contributed by atoms with van der Waals surface area (Å²) in [6, 6.07) is 3.79. The van der Waals surface area contributed by atoms with Crippen LogP contribution in [0.2, 0.25) is 0 Å². The molecule has 0 spiro atoms. The number of H-pyrrole nitrogens is 1. The predicted molar refractivity (Wildman–Crippen MR) is 221 cm³/mol. The van der Waals surface area contributed by atoms with E-state index in [9.17, 15) is 42.7 Å². The summed E-state index contributed by atoms with van der Waals surface area (Å²) in [5.41, 5.74) is 10.9. The summed E-state index contributed by atoms with van der Waals surface area (Å²) >= 11 is 1.47. The lowest BCUT2D eigenvalue weighted by molar-refractivity contribution is -0.112. The quantitative estimate of drug-likeness (QED) is 0.0799. The first-order valence-corrected chi connectivity index (χ1v) is 20.6. The molecule has 0 saturated carbocycles. The monoisotopic (exact) mass is 915 g/mol. The molecule has 2 amide bonds. The molecular weight excluding hydrogens is 873 g/mol. The number of amides is 2. The molecule has 7 N–H and O–H groups in total. The van der Waals surface area contributed by atoms with Crippen molar-refractivity contribution in [3.63, 3.8) is 0 Å². The number of anilines is 1. The fourth-order valence-corrected chi connectivity index (χ4v) is 8.05. The van der Waals surface area contributed by atoms with E-state index in [-0.39, 0.29) is 67.5 Å². The van der Waals surface area contributed by atoms with Crippen molar-refractivity contribution >= 4 is 29.4 Å². The lowest BCUT2D eigenvalue weighted by Gasteiger charge is -2.44. The number of aliphatic hydroxyl groups is 2. The van der Waals surface area contributed by atoms with Gasteiger partial charge < -0.3 is 50.0 Å². The Morgan fingerprint density at radius 2 is 1.86 bits per heavy atom. The molecule has 4 aliphatic heterocycles. The lowest BCUT2D eigenvalue weighted by atomic mass is 10.1. The molecule has 0 aliphatic carbocycles. The van der Waals surface area contributed by atoms with Crippen molar-refractivity contribution in [1.82, 2.24) is 33.9 Å². The van der Waals surface area contributed by atoms with Gasteiger partial charge in [-0.1, -0.05) is 11.2 Å². The zero-order valence-corrected chi connectivity index (χ0v) is 34.9. The van der Waals surface area contributed by atoms with Crippen LogP contribution < -0.4 is 33.4 Å². The van der Waals surface area contributed by atoms with E-state index >= 15 is 0 Å². The van der Waals surface area contributed by atoms with Gasteiger partial charge in [0, 0.05) is 65.5 Å². The molecule has 3 aromatic heterocycles. The minimum absolute atomic E-state index is 0.0300. The number of hydrogen-bond donors (Lipinski definition) is 6. The number of nitrogens with one attached hydrogen (secondary N) is 2. The number of carbonyl (C=O) groups excluding carboxylic acids is 2. The fraction of sp³-hybridized carbons (Fsp3) is 0.447. The normalized spacial score (nSPS) is 23.4. The van der Waals surface area contributed by atoms with Crippen LogP contribution in [0.15, 0.2) is 67.1 Å². The first kappa shape index (κ1) is 47.1. The summed E-state index contributed by atoms with van der Waals surface area (Å²) in [6.45, 7) is 3.38. The van der Waals surface area contributed by atoms with Crippen LogP contribution >= 0.6 is 11.8 Å². The van der Waals surface area contributed by atoms with Gasteiger partial charge in [0.25, 0.3) is 17.4 Å². The van der Waals surface area contributed by atoms with Crippen molar-refractivity contribution in [1.29, 1.82) is 0 Å². The SMILES string of the molecule is C[C@@H]1CCO[C@H]2Cn3cc(C(=O)NCc4ccc(F)cc4F)c(=O)c(O)c3C(=O)N12.Cc1cn([C@H]2C[C@H](N=[N+]=[N-])[C@@H](CO)O2)c(=O)[nH]c1=O.Nc1ccn([C@@H]2CS[C@H](CO)O2)c(=O)n1. The third kappa shape index (κ3) is 10.3. The summed E-state index contributed by atoms with van der Waals surface area (Å²) in [7, 11) is 0. The van der Waals surface area contributed by atoms with Gasteiger partial charge in [-0.15, -0.1) is 11.8 Å². The highest BCUT2D eigenvalue weighted by Crippen LogP contribution is 2.32. The molecule has 4 aromatic rings. The molecule has 3 fully saturated rings. The van der Waals surface area contributed by atoms with Crippen LogP contribution in [0.25, 0.3) is 10.4 Å². The minimum Gasteiger partial charge on any atom is -0.503 e. The number of aromatic amines is 1. The number of pyridine rings is 1. The summed E-state index contributed by atoms with van der Waals surface area (Å²) in [6.07, 6.45) is 2.76. The number of hydrogen-bond acceptors (Lipinski definition) is 16. The molecule has 7 heterocycles. The molecule has 1 aromatic carbocycles. The highest BCUT2D eigenvalue weighted by atomic mass is 32.2. The average molecular weight is 916 g/mol. The molecule has 64 heavy (non-hydrogen) atoms. The second kappa shape index (κ2) is 20.4. The number of nitrogens with two attached hydrogens (primary N) is 1. The molecule has 342 valence electrons. The molecule has 3 saturated heterocycles. The number of aromatic nitrogens is 5. The molecule has 0 unspecified atom stereocenters. The van der Waals surface area contributed by atoms with E-state index in [0.29, 0.717) is 30.4 Å². The zero-order valence-electron chi connectivity index (χ0n) is 34.1. The van der Waals surface area contributed by atoms with E-state index in [2.05, 4.69) is 25.3 Å². The minimum atomic E-state index is -1.00. The summed E-state index contributed by atoms with van der Waals surface area (Å²) in [4.78, 5) is 82.3. The number of rotatable bonds is 8. The molecule has 0 bridgehead atoms. The topological polar surface area (TPSA) is 324 Å². The Kier molecular flexibility index (Phi) is 15.0. The maximum atomic E-state index is 13.8. The Balaban J connectivity index is 0.000000172. The third-order valence-corrected chi connectivity index (χ3v) is 11.6. The Labute approximate surface area is 363 Å². The van der Waals surface area contributed by atoms with E-state index in [1.54, 1.807) is 19.2 Å². The van der Waals surface area contributed by atoms with Gasteiger partial charge in [0.1, 0.15) is 40.9 Å². The van der Waals surface area contributed by atoms with Crippen LogP contribution in [0.5, 0.6) is 5.75 Å². The number of ether oxygens (including phenoxy) is 3. The van der Waals surface area contributed by atoms with Crippen molar-refractivity contribution < 1.29 is 47.9 Å². The standard InChI is InChI=1S/C20H19F2N3O5.C10H13N5O4.C8H11N3O3S/c1-10-4-5-30-15-9-24-8-13(17(26)18(27)16(24)20(29)25(10)15)19(28)23-7-11-2-3-12(21)6-14(11)22;1-5-3-15(10(18)12-9(5)17)8-2-6(13-14-11)7(4-16)19-8;9-5-1-2-11(8(13)10-5)6-4-15-7(3-12)14-6/h2-3,6,8,10,15,27H,4-5,7,9H2,1H3,(H,23,28);3,6-8,16H,2,4H2,1H3,(H,12,17,18);1-2,6-7,12H,3-4H2,(H2,9,10,13)/t10-,15+;6-,7+,8+;6-,7+/m100/s1. The van der Waals surface area contributed by atoms with Crippen LogP contribution in [0.1, 0.15) is 64.2 Å². The van der Waals surface area contributed by atoms with Crippen molar-refractivity contribution in [3.8, 4) is 5.75 Å². The van der Waals surface area contributed by atoms with Crippen LogP contribution in [0.3, 0.4) is 0 Å². The van der Waals surface area contributed by atoms with E-state index in [0.717, 1.165) is 6.07 Å². The maximum Gasteiger partial charge on any atom is 0.351 e. The Hall–Kier alpha value is -6.41. The van der Waals surface area contributed by atoms with Gasteiger partial charge in [-0.25, -0.2) is 18.4 Å². The number of nitrogen functional groups attached to an aromatic ring is 1. The molecule has 7 atom stereocenters. The zero-order chi connectivity index (χ0) is 46.4. The molecule has 0 radical (unpaired) electrons. The highest BCUT2D eigenvalue weighted by Gasteiger charge is 2.41. The smallest absolute Gasteiger partial charge is 0.351 e. The number of carbonyl (C=O) groups is 2. The molecule has 4 aliphatic rings. The van der Waals surface area contributed by atoms with E-state index in [1.165, 1.54) is 48.8 Å². The van der Waals surface area contributed by atoms with E-state index < -0.39 is 81.7 Å². The number of aliphatic hydroxyl groups excluding tert-OH is 2. The van der Waals surface area contributed by atoms with Gasteiger partial charge in [0.2, 0.25) is 5.43 Å². The Bertz CT molecular complexity index is 2690. The molecule has 23 nitrogen and oxygen atoms in total. The van der Waals surface area contributed by atoms with E-state index in [4.69, 9.17) is 35.7 Å². The predicted octanol–water partition coefficient (Wildman–Crippen LogP) is 0.562. The third-order valence-electron chi connectivity index (χ3n) is 10.5. The largest absolute Gasteiger partial charge is 0.503 e. The number of aryl methyl sites for hydroxylation is 1. The number of thioether (sulfide) groups is 1. The van der Waals surface area contributed by atoms with Crippen LogP contribution in [0, 0.1) is 18.6 Å². The summed E-state index contributed by atoms with van der Waals surface area (Å²) < 4.78 is 47.2. The lowest BCUT2D eigenvalue weighted by Crippen LogP contribution is -2.57. The van der Waals surface area contributed by atoms with Gasteiger partial charge >= 0.3 is 11.4 Å². The number of halogens is 2. The number of nitrogens with zero attached hydrogens (tertiary/aromatic N) is 8. The van der Waals surface area contributed by atoms with E-state index in [1.807, 2.05) is 6.92 Å². The molecular formula is C38H43F2N11O12S. The Morgan fingerprint density at radius 1 is 1.09 bits per heavy atom. The number of fused-ring (bicyclic) bond motifs is 2. The fourth-order valence-electron chi connectivity index (χ4n) is 7.12. The van der Waals surface area contributed by atoms with Crippen molar-refractivity contribution in [3.05, 3.63) is 129 Å². The van der Waals surface area contributed by atoms with Crippen molar-refractivity contribution in [2.24, 2.45) is 5.11 Å². The molecule has 8 rings (SSSR count). The number of benzene rings is 1. The first-order valence-electron chi connectivity index (χ1n) is 19.5. The van der Waals surface area contributed by atoms with Gasteiger partial charge in [0.15, 0.2) is 17.7 Å². The maximum absolute atomic E-state index is 13.8. The van der Waals surface area contributed by atoms with Gasteiger partial charge in [0.05, 0.1) is 38.5 Å². The second-order valence-electron chi connectivity index (χ2n) is 14.7. The second-order valence-corrected chi connectivity index (χ2v) is 15.9. The first-order chi connectivity index (χ1) is 30.5. The van der Waals surface area contributed by atoms with Crippen LogP contribution in [0.4, 0.5) is 14.6 Å². The molecule has 26 heteroatoms.